The number of nitrogens with one attached hydrogen (secondary N) is 1. The first kappa shape index (κ1) is 20.9. The van der Waals surface area contributed by atoms with Crippen LogP contribution >= 0.6 is 0 Å². The number of phenolic OH excluding ortho intramolecular Hbond substituents is 1. The number of fused-ring (bicyclic) bond motifs is 1. The fourth-order valence-electron chi connectivity index (χ4n) is 4.03. The van der Waals surface area contributed by atoms with Crippen LogP contribution in [0.5, 0.6) is 11.5 Å². The Hall–Kier alpha value is -3.32. The smallest absolute Gasteiger partial charge is 0.273 e. The third-order valence-corrected chi connectivity index (χ3v) is 5.42. The molecular formula is C24H27N3O4. The van der Waals surface area contributed by atoms with Gasteiger partial charge in [-0.2, -0.15) is 5.10 Å². The van der Waals surface area contributed by atoms with E-state index >= 15 is 0 Å². The molecule has 2 heterocycles. The van der Waals surface area contributed by atoms with Crippen molar-refractivity contribution in [2.24, 2.45) is 0 Å². The van der Waals surface area contributed by atoms with Gasteiger partial charge in [-0.15, -0.1) is 0 Å². The van der Waals surface area contributed by atoms with E-state index in [4.69, 9.17) is 9.47 Å². The van der Waals surface area contributed by atoms with E-state index in [2.05, 4.69) is 17.1 Å². The summed E-state index contributed by atoms with van der Waals surface area (Å²) in [4.78, 5) is 15.1. The summed E-state index contributed by atoms with van der Waals surface area (Å²) in [5.41, 5.74) is 3.35. The number of carbonyl (C=O) groups excluding carboxylic acids is 1. The minimum atomic E-state index is -0.335. The van der Waals surface area contributed by atoms with Crippen LogP contribution in [0.15, 0.2) is 48.5 Å². The fourth-order valence-corrected chi connectivity index (χ4v) is 4.03. The molecule has 1 aliphatic heterocycles. The standard InChI is InChI=1S/C24H27N3O4/c1-3-13-31-17-9-6-8-16(15-17)23-20-21(18-10-4-5-11-19(18)28)25-26-22(20)24(29)27(23)12-7-14-30-2/h4-6,8-11,15,23,28H,3,7,12-14H2,1-2H3,(H,25,26)/t23-/m1/s1. The van der Waals surface area contributed by atoms with Crippen LogP contribution in [-0.4, -0.2) is 53.0 Å². The van der Waals surface area contributed by atoms with E-state index in [1.807, 2.05) is 41.3 Å². The highest BCUT2D eigenvalue weighted by Crippen LogP contribution is 2.44. The summed E-state index contributed by atoms with van der Waals surface area (Å²) >= 11 is 0. The van der Waals surface area contributed by atoms with Crippen molar-refractivity contribution in [2.75, 3.05) is 26.9 Å². The van der Waals surface area contributed by atoms with Crippen LogP contribution in [0.4, 0.5) is 0 Å². The Balaban J connectivity index is 1.80. The Morgan fingerprint density at radius 1 is 1.16 bits per heavy atom. The summed E-state index contributed by atoms with van der Waals surface area (Å²) in [6, 6.07) is 14.5. The lowest BCUT2D eigenvalue weighted by Gasteiger charge is -2.26. The van der Waals surface area contributed by atoms with E-state index in [0.717, 1.165) is 23.3 Å². The summed E-state index contributed by atoms with van der Waals surface area (Å²) in [6.07, 6.45) is 1.63. The molecule has 0 aliphatic carbocycles. The number of benzene rings is 2. The minimum absolute atomic E-state index is 0.106. The molecule has 1 aromatic heterocycles. The molecule has 7 nitrogen and oxygen atoms in total. The Morgan fingerprint density at radius 2 is 2.00 bits per heavy atom. The first-order valence-corrected chi connectivity index (χ1v) is 10.5. The van der Waals surface area contributed by atoms with E-state index in [1.165, 1.54) is 0 Å². The van der Waals surface area contributed by atoms with Crippen molar-refractivity contribution in [1.82, 2.24) is 15.1 Å². The minimum Gasteiger partial charge on any atom is -0.507 e. The van der Waals surface area contributed by atoms with Crippen molar-refractivity contribution in [1.29, 1.82) is 0 Å². The summed E-state index contributed by atoms with van der Waals surface area (Å²) in [5, 5.41) is 17.8. The van der Waals surface area contributed by atoms with Crippen molar-refractivity contribution in [3.05, 3.63) is 65.4 Å². The molecule has 0 spiro atoms. The van der Waals surface area contributed by atoms with Gasteiger partial charge in [-0.1, -0.05) is 31.2 Å². The number of rotatable bonds is 9. The highest BCUT2D eigenvalue weighted by atomic mass is 16.5. The second-order valence-electron chi connectivity index (χ2n) is 7.55. The van der Waals surface area contributed by atoms with Gasteiger partial charge in [-0.25, -0.2) is 0 Å². The molecule has 1 aliphatic rings. The third-order valence-electron chi connectivity index (χ3n) is 5.42. The van der Waals surface area contributed by atoms with Gasteiger partial charge in [-0.05, 0) is 42.7 Å². The number of hydrogen-bond donors (Lipinski definition) is 2. The van der Waals surface area contributed by atoms with Gasteiger partial charge < -0.3 is 19.5 Å². The zero-order chi connectivity index (χ0) is 21.8. The molecular weight excluding hydrogens is 394 g/mol. The molecule has 3 aromatic rings. The number of aromatic amines is 1. The molecule has 0 fully saturated rings. The average Bonchev–Trinajstić information content (AvgIpc) is 3.32. The number of hydrogen-bond acceptors (Lipinski definition) is 5. The predicted molar refractivity (Wildman–Crippen MR) is 117 cm³/mol. The van der Waals surface area contributed by atoms with Crippen LogP contribution in [-0.2, 0) is 4.74 Å². The van der Waals surface area contributed by atoms with Gasteiger partial charge >= 0.3 is 0 Å². The van der Waals surface area contributed by atoms with Crippen molar-refractivity contribution in [3.63, 3.8) is 0 Å². The SMILES string of the molecule is CCCOc1cccc([C@@H]2c3c(-c4ccccc4O)n[nH]c3C(=O)N2CCCOC)c1. The maximum Gasteiger partial charge on any atom is 0.273 e. The Bertz CT molecular complexity index is 1060. The molecule has 31 heavy (non-hydrogen) atoms. The number of aromatic hydroxyl groups is 1. The van der Waals surface area contributed by atoms with Crippen LogP contribution in [0.2, 0.25) is 0 Å². The van der Waals surface area contributed by atoms with Gasteiger partial charge in [0.2, 0.25) is 0 Å². The summed E-state index contributed by atoms with van der Waals surface area (Å²) in [7, 11) is 1.65. The number of phenols is 1. The molecule has 0 saturated carbocycles. The Kier molecular flexibility index (Phi) is 6.23. The van der Waals surface area contributed by atoms with Gasteiger partial charge in [-0.3, -0.25) is 9.89 Å². The predicted octanol–water partition coefficient (Wildman–Crippen LogP) is 4.15. The molecule has 1 atom stereocenters. The Morgan fingerprint density at radius 3 is 2.77 bits per heavy atom. The van der Waals surface area contributed by atoms with Gasteiger partial charge in [0.15, 0.2) is 0 Å². The maximum atomic E-state index is 13.3. The summed E-state index contributed by atoms with van der Waals surface area (Å²) in [5.74, 6) is 0.788. The molecule has 0 bridgehead atoms. The number of amides is 1. The first-order chi connectivity index (χ1) is 15.2. The third kappa shape index (κ3) is 4.01. The van der Waals surface area contributed by atoms with Gasteiger partial charge in [0.1, 0.15) is 22.9 Å². The van der Waals surface area contributed by atoms with Gasteiger partial charge in [0.05, 0.1) is 12.6 Å². The molecule has 0 saturated heterocycles. The van der Waals surface area contributed by atoms with Crippen molar-refractivity contribution in [2.45, 2.75) is 25.8 Å². The average molecular weight is 421 g/mol. The molecule has 4 rings (SSSR count). The van der Waals surface area contributed by atoms with Crippen LogP contribution in [0.3, 0.4) is 0 Å². The second kappa shape index (κ2) is 9.22. The summed E-state index contributed by atoms with van der Waals surface area (Å²) in [6.45, 7) is 3.80. The largest absolute Gasteiger partial charge is 0.507 e. The van der Waals surface area contributed by atoms with Crippen molar-refractivity contribution >= 4 is 5.91 Å². The van der Waals surface area contributed by atoms with E-state index < -0.39 is 0 Å². The number of ether oxygens (including phenoxy) is 2. The van der Waals surface area contributed by atoms with Crippen LogP contribution in [0.1, 0.15) is 47.4 Å². The summed E-state index contributed by atoms with van der Waals surface area (Å²) < 4.78 is 11.0. The number of nitrogens with zero attached hydrogens (tertiary/aromatic N) is 2. The molecule has 1 amide bonds. The lowest BCUT2D eigenvalue weighted by molar-refractivity contribution is 0.0723. The maximum absolute atomic E-state index is 13.3. The molecule has 0 unspecified atom stereocenters. The van der Waals surface area contributed by atoms with E-state index in [-0.39, 0.29) is 17.7 Å². The van der Waals surface area contributed by atoms with Gasteiger partial charge in [0, 0.05) is 31.4 Å². The lowest BCUT2D eigenvalue weighted by Crippen LogP contribution is -2.31. The molecule has 0 radical (unpaired) electrons. The highest BCUT2D eigenvalue weighted by molar-refractivity contribution is 6.00. The molecule has 7 heteroatoms. The van der Waals surface area contributed by atoms with Crippen LogP contribution in [0.25, 0.3) is 11.3 Å². The number of H-pyrrole nitrogens is 1. The fraction of sp³-hybridized carbons (Fsp3) is 0.333. The second-order valence-corrected chi connectivity index (χ2v) is 7.55. The first-order valence-electron chi connectivity index (χ1n) is 10.5. The van der Waals surface area contributed by atoms with Gasteiger partial charge in [0.25, 0.3) is 5.91 Å². The van der Waals surface area contributed by atoms with Crippen LogP contribution in [0, 0.1) is 0 Å². The Labute approximate surface area is 181 Å². The lowest BCUT2D eigenvalue weighted by atomic mass is 9.95. The molecule has 162 valence electrons. The van der Waals surface area contributed by atoms with E-state index in [1.54, 1.807) is 19.2 Å². The van der Waals surface area contributed by atoms with Crippen LogP contribution < -0.4 is 4.74 Å². The number of aromatic nitrogens is 2. The highest BCUT2D eigenvalue weighted by Gasteiger charge is 2.42. The topological polar surface area (TPSA) is 87.7 Å². The zero-order valence-electron chi connectivity index (χ0n) is 17.8. The molecule has 2 aromatic carbocycles. The monoisotopic (exact) mass is 421 g/mol. The van der Waals surface area contributed by atoms with Crippen molar-refractivity contribution in [3.8, 4) is 22.8 Å². The van der Waals surface area contributed by atoms with E-state index in [0.29, 0.717) is 43.1 Å². The zero-order valence-corrected chi connectivity index (χ0v) is 17.8. The van der Waals surface area contributed by atoms with E-state index in [9.17, 15) is 9.90 Å². The normalized spacial score (nSPS) is 15.4. The number of carbonyl (C=O) groups is 1. The quantitative estimate of drug-likeness (QED) is 0.507. The number of methoxy groups -OCH3 is 1. The van der Waals surface area contributed by atoms with Crippen molar-refractivity contribution < 1.29 is 19.4 Å². The molecule has 2 N–H and O–H groups in total. The number of para-hydroxylation sites is 1.